The number of nitrogens with zero attached hydrogens (tertiary/aromatic N) is 1. The summed E-state index contributed by atoms with van der Waals surface area (Å²) in [5.41, 5.74) is 7.52. The van der Waals surface area contributed by atoms with E-state index in [0.717, 1.165) is 0 Å². The number of aromatic nitrogens is 1. The Morgan fingerprint density at radius 3 is 2.74 bits per heavy atom. The number of anilines is 1. The zero-order valence-electron chi connectivity index (χ0n) is 10.2. The van der Waals surface area contributed by atoms with Gasteiger partial charge in [-0.1, -0.05) is 12.1 Å². The van der Waals surface area contributed by atoms with Gasteiger partial charge in [0, 0.05) is 0 Å². The number of para-hydroxylation sites is 1. The zero-order valence-corrected chi connectivity index (χ0v) is 10.2. The summed E-state index contributed by atoms with van der Waals surface area (Å²) in [5, 5.41) is 0. The average Bonchev–Trinajstić information content (AvgIpc) is 2.83. The summed E-state index contributed by atoms with van der Waals surface area (Å²) in [6, 6.07) is 9.75. The molecule has 0 saturated carbocycles. The van der Waals surface area contributed by atoms with E-state index in [2.05, 4.69) is 4.98 Å². The molecule has 0 unspecified atom stereocenters. The minimum absolute atomic E-state index is 0.155. The second-order valence-electron chi connectivity index (χ2n) is 4.03. The van der Waals surface area contributed by atoms with Crippen LogP contribution in [0, 0.1) is 5.82 Å². The number of methoxy groups -OCH3 is 1. The van der Waals surface area contributed by atoms with Gasteiger partial charge in [0.2, 0.25) is 5.89 Å². The highest BCUT2D eigenvalue weighted by Crippen LogP contribution is 2.34. The van der Waals surface area contributed by atoms with E-state index in [1.165, 1.54) is 13.2 Å². The predicted molar refractivity (Wildman–Crippen MR) is 70.4 cm³/mol. The van der Waals surface area contributed by atoms with Crippen molar-refractivity contribution in [3.63, 3.8) is 0 Å². The van der Waals surface area contributed by atoms with Crippen molar-refractivity contribution in [2.24, 2.45) is 0 Å². The molecule has 3 aromatic rings. The number of hydrogen-bond donors (Lipinski definition) is 1. The minimum Gasteiger partial charge on any atom is -0.496 e. The molecular weight excluding hydrogens is 247 g/mol. The first-order valence-corrected chi connectivity index (χ1v) is 5.68. The lowest BCUT2D eigenvalue weighted by atomic mass is 10.2. The fraction of sp³-hybridized carbons (Fsp3) is 0.0714. The molecule has 0 bridgehead atoms. The van der Waals surface area contributed by atoms with Gasteiger partial charge in [-0.05, 0) is 24.3 Å². The third-order valence-corrected chi connectivity index (χ3v) is 2.86. The first-order chi connectivity index (χ1) is 9.20. The van der Waals surface area contributed by atoms with Gasteiger partial charge in [-0.2, -0.15) is 0 Å². The van der Waals surface area contributed by atoms with Gasteiger partial charge in [-0.15, -0.1) is 0 Å². The maximum Gasteiger partial charge on any atom is 0.234 e. The highest BCUT2D eigenvalue weighted by molar-refractivity contribution is 5.87. The second-order valence-corrected chi connectivity index (χ2v) is 4.03. The number of rotatable bonds is 2. The van der Waals surface area contributed by atoms with Gasteiger partial charge in [0.1, 0.15) is 22.6 Å². The summed E-state index contributed by atoms with van der Waals surface area (Å²) in [7, 11) is 1.47. The summed E-state index contributed by atoms with van der Waals surface area (Å²) < 4.78 is 24.6. The lowest BCUT2D eigenvalue weighted by Crippen LogP contribution is -1.91. The van der Waals surface area contributed by atoms with E-state index in [-0.39, 0.29) is 11.5 Å². The molecule has 0 saturated heterocycles. The molecule has 1 heterocycles. The third-order valence-electron chi connectivity index (χ3n) is 2.86. The van der Waals surface area contributed by atoms with Gasteiger partial charge < -0.3 is 14.9 Å². The molecule has 3 rings (SSSR count). The Balaban J connectivity index is 2.28. The predicted octanol–water partition coefficient (Wildman–Crippen LogP) is 3.22. The van der Waals surface area contributed by atoms with Crippen LogP contribution >= 0.6 is 0 Å². The number of halogens is 1. The minimum atomic E-state index is -0.454. The van der Waals surface area contributed by atoms with Crippen LogP contribution in [0.2, 0.25) is 0 Å². The molecular formula is C14H11FN2O2. The molecule has 0 amide bonds. The standard InChI is InChI=1S/C14H11FN2O2/c1-18-10-6-2-4-8(15)12(10)14-17-13-9(16)5-3-7-11(13)19-14/h2-7H,16H2,1H3. The van der Waals surface area contributed by atoms with Crippen LogP contribution in [0.5, 0.6) is 5.75 Å². The van der Waals surface area contributed by atoms with Crippen LogP contribution in [-0.2, 0) is 0 Å². The van der Waals surface area contributed by atoms with Crippen molar-refractivity contribution >= 4 is 16.8 Å². The van der Waals surface area contributed by atoms with Crippen LogP contribution < -0.4 is 10.5 Å². The number of nitrogen functional groups attached to an aromatic ring is 1. The molecule has 4 nitrogen and oxygen atoms in total. The summed E-state index contributed by atoms with van der Waals surface area (Å²) >= 11 is 0. The van der Waals surface area contributed by atoms with E-state index in [4.69, 9.17) is 14.9 Å². The molecule has 0 radical (unpaired) electrons. The number of oxazole rings is 1. The number of fused-ring (bicyclic) bond motifs is 1. The lowest BCUT2D eigenvalue weighted by Gasteiger charge is -2.05. The molecule has 0 fully saturated rings. The van der Waals surface area contributed by atoms with E-state index in [0.29, 0.717) is 22.5 Å². The maximum atomic E-state index is 13.9. The summed E-state index contributed by atoms with van der Waals surface area (Å²) in [6.45, 7) is 0. The van der Waals surface area contributed by atoms with E-state index in [1.54, 1.807) is 30.3 Å². The highest BCUT2D eigenvalue weighted by Gasteiger charge is 2.18. The normalized spacial score (nSPS) is 10.8. The molecule has 1 aromatic heterocycles. The molecule has 0 aliphatic heterocycles. The van der Waals surface area contributed by atoms with Crippen molar-refractivity contribution in [3.05, 3.63) is 42.2 Å². The van der Waals surface area contributed by atoms with Crippen LogP contribution in [0.3, 0.4) is 0 Å². The average molecular weight is 258 g/mol. The Morgan fingerprint density at radius 1 is 1.21 bits per heavy atom. The third kappa shape index (κ3) is 1.79. The van der Waals surface area contributed by atoms with Crippen LogP contribution in [0.25, 0.3) is 22.6 Å². The molecule has 19 heavy (non-hydrogen) atoms. The summed E-state index contributed by atoms with van der Waals surface area (Å²) in [4.78, 5) is 4.24. The van der Waals surface area contributed by atoms with Crippen LogP contribution in [0.15, 0.2) is 40.8 Å². The molecule has 96 valence electrons. The molecule has 2 aromatic carbocycles. The van der Waals surface area contributed by atoms with Crippen molar-refractivity contribution in [2.45, 2.75) is 0 Å². The number of hydrogen-bond acceptors (Lipinski definition) is 4. The smallest absolute Gasteiger partial charge is 0.234 e. The Hall–Kier alpha value is -2.56. The van der Waals surface area contributed by atoms with E-state index >= 15 is 0 Å². The number of ether oxygens (including phenoxy) is 1. The number of nitrogens with two attached hydrogens (primary N) is 1. The van der Waals surface area contributed by atoms with Gasteiger partial charge in [-0.3, -0.25) is 0 Å². The van der Waals surface area contributed by atoms with Gasteiger partial charge in [-0.25, -0.2) is 9.37 Å². The first kappa shape index (κ1) is 11.5. The SMILES string of the molecule is COc1cccc(F)c1-c1nc2c(N)cccc2o1. The largest absolute Gasteiger partial charge is 0.496 e. The molecule has 0 spiro atoms. The fourth-order valence-electron chi connectivity index (χ4n) is 1.96. The lowest BCUT2D eigenvalue weighted by molar-refractivity contribution is 0.411. The van der Waals surface area contributed by atoms with Gasteiger partial charge in [0.15, 0.2) is 5.58 Å². The monoisotopic (exact) mass is 258 g/mol. The van der Waals surface area contributed by atoms with Crippen LogP contribution in [-0.4, -0.2) is 12.1 Å². The van der Waals surface area contributed by atoms with E-state index in [1.807, 2.05) is 0 Å². The zero-order chi connectivity index (χ0) is 13.4. The number of benzene rings is 2. The molecule has 0 aliphatic carbocycles. The summed E-state index contributed by atoms with van der Waals surface area (Å²) in [5.74, 6) is 0.0671. The second kappa shape index (κ2) is 4.28. The molecule has 5 heteroatoms. The fourth-order valence-corrected chi connectivity index (χ4v) is 1.96. The van der Waals surface area contributed by atoms with Crippen molar-refractivity contribution in [1.82, 2.24) is 4.98 Å². The Labute approximate surface area is 108 Å². The van der Waals surface area contributed by atoms with Gasteiger partial charge in [0.05, 0.1) is 12.8 Å². The Bertz CT molecular complexity index is 752. The van der Waals surface area contributed by atoms with Gasteiger partial charge >= 0.3 is 0 Å². The maximum absolute atomic E-state index is 13.9. The Morgan fingerprint density at radius 2 is 2.00 bits per heavy atom. The van der Waals surface area contributed by atoms with Crippen molar-refractivity contribution < 1.29 is 13.5 Å². The van der Waals surface area contributed by atoms with Crippen LogP contribution in [0.1, 0.15) is 0 Å². The van der Waals surface area contributed by atoms with Crippen LogP contribution in [0.4, 0.5) is 10.1 Å². The highest BCUT2D eigenvalue weighted by atomic mass is 19.1. The van der Waals surface area contributed by atoms with E-state index in [9.17, 15) is 4.39 Å². The molecule has 0 aliphatic rings. The van der Waals surface area contributed by atoms with Crippen molar-refractivity contribution in [1.29, 1.82) is 0 Å². The van der Waals surface area contributed by atoms with E-state index < -0.39 is 5.82 Å². The topological polar surface area (TPSA) is 61.3 Å². The van der Waals surface area contributed by atoms with Gasteiger partial charge in [0.25, 0.3) is 0 Å². The molecule has 2 N–H and O–H groups in total. The molecule has 0 atom stereocenters. The quantitative estimate of drug-likeness (QED) is 0.717. The summed E-state index contributed by atoms with van der Waals surface area (Å²) in [6.07, 6.45) is 0. The first-order valence-electron chi connectivity index (χ1n) is 5.68. The Kier molecular flexibility index (Phi) is 2.59. The van der Waals surface area contributed by atoms with Crippen molar-refractivity contribution in [2.75, 3.05) is 12.8 Å². The van der Waals surface area contributed by atoms with Crippen molar-refractivity contribution in [3.8, 4) is 17.2 Å².